The maximum absolute atomic E-state index is 14.2. The third-order valence-corrected chi connectivity index (χ3v) is 11.1. The van der Waals surface area contributed by atoms with Crippen LogP contribution in [0.4, 0.5) is 0 Å². The number of aliphatic hydroxyl groups is 1. The molecule has 0 bridgehead atoms. The standard InChI is InChI=1S/C36H59N11O10/c1-19(37)31(52)44-15-5-11-24(44)29(50)42-22(9-4-14-40-36(38)39)32(53)47-18-8-13-26(47)33(54)45-16-6-12-25(45)30(51)43-27(21(3)48)34(55)46-17-7-10-23(46)28(49)41-20(2)35(56)57/h19-27,48H,4-18,37H2,1-3H3,(H,41,49)(H,42,50)(H,43,51)(H,56,57)(H4,38,39,40)/t19-,20-,21+,22-,23-,24-,25-,26-,27-/m0/s1. The Kier molecular flexibility index (Phi) is 15.6. The second-order valence-corrected chi connectivity index (χ2v) is 15.4. The van der Waals surface area contributed by atoms with E-state index in [1.165, 1.54) is 40.4 Å². The predicted molar refractivity (Wildman–Crippen MR) is 203 cm³/mol. The summed E-state index contributed by atoms with van der Waals surface area (Å²) in [5.74, 6) is -5.33. The van der Waals surface area contributed by atoms with Crippen molar-refractivity contribution >= 4 is 53.3 Å². The third kappa shape index (κ3) is 10.9. The van der Waals surface area contributed by atoms with Gasteiger partial charge in [0.1, 0.15) is 42.3 Å². The molecule has 0 aromatic heterocycles. The van der Waals surface area contributed by atoms with Gasteiger partial charge in [0.05, 0.1) is 12.1 Å². The van der Waals surface area contributed by atoms with Gasteiger partial charge >= 0.3 is 5.97 Å². The largest absolute Gasteiger partial charge is 0.480 e. The SMILES string of the molecule is C[C@H](N)C(=O)N1CCC[C@H]1C(=O)N[C@@H](CCCN=C(N)N)C(=O)N1CCC[C@H]1C(=O)N1CCC[C@H]1C(=O)N[C@H](C(=O)N1CCC[C@H]1C(=O)N[C@@H](C)C(=O)O)[C@@H](C)O. The maximum Gasteiger partial charge on any atom is 0.325 e. The Morgan fingerprint density at radius 2 is 1.12 bits per heavy atom. The van der Waals surface area contributed by atoms with Gasteiger partial charge in [-0.05, 0) is 85.0 Å². The molecule has 318 valence electrons. The van der Waals surface area contributed by atoms with Gasteiger partial charge in [-0.1, -0.05) is 0 Å². The Balaban J connectivity index is 1.47. The van der Waals surface area contributed by atoms with Crippen LogP contribution < -0.4 is 33.2 Å². The lowest BCUT2D eigenvalue weighted by Crippen LogP contribution is -2.61. The van der Waals surface area contributed by atoms with Crippen molar-refractivity contribution in [1.29, 1.82) is 0 Å². The number of amides is 7. The number of nitrogens with one attached hydrogen (secondary N) is 3. The van der Waals surface area contributed by atoms with E-state index in [0.29, 0.717) is 51.5 Å². The summed E-state index contributed by atoms with van der Waals surface area (Å²) in [6.45, 7) is 5.24. The van der Waals surface area contributed by atoms with Gasteiger partial charge in [-0.2, -0.15) is 0 Å². The van der Waals surface area contributed by atoms with Crippen LogP contribution in [-0.2, 0) is 38.4 Å². The lowest BCUT2D eigenvalue weighted by Gasteiger charge is -2.34. The summed E-state index contributed by atoms with van der Waals surface area (Å²) in [6.07, 6.45) is 2.24. The average Bonchev–Trinajstić information content (AvgIpc) is 4.00. The van der Waals surface area contributed by atoms with Gasteiger partial charge in [0, 0.05) is 32.7 Å². The summed E-state index contributed by atoms with van der Waals surface area (Å²) >= 11 is 0. The molecular formula is C36H59N11O10. The van der Waals surface area contributed by atoms with Crippen molar-refractivity contribution in [2.24, 2.45) is 22.2 Å². The highest BCUT2D eigenvalue weighted by Gasteiger charge is 2.46. The number of aliphatic imine (C=N–C) groups is 1. The minimum atomic E-state index is -1.47. The Morgan fingerprint density at radius 1 is 0.667 bits per heavy atom. The Bertz CT molecular complexity index is 1570. The number of carbonyl (C=O) groups is 8. The summed E-state index contributed by atoms with van der Waals surface area (Å²) in [5, 5.41) is 27.6. The zero-order chi connectivity index (χ0) is 42.1. The number of aliphatic carboxylic acids is 1. The second-order valence-electron chi connectivity index (χ2n) is 15.4. The van der Waals surface area contributed by atoms with E-state index in [4.69, 9.17) is 17.2 Å². The number of aliphatic hydroxyl groups excluding tert-OH is 1. The van der Waals surface area contributed by atoms with Crippen LogP contribution in [0, 0.1) is 0 Å². The minimum absolute atomic E-state index is 0.133. The molecule has 4 heterocycles. The topological polar surface area (TPSA) is 316 Å². The van der Waals surface area contributed by atoms with E-state index in [1.807, 2.05) is 0 Å². The molecule has 0 aliphatic carbocycles. The van der Waals surface area contributed by atoms with Crippen LogP contribution in [0.2, 0.25) is 0 Å². The number of carbonyl (C=O) groups excluding carboxylic acids is 7. The fourth-order valence-corrected chi connectivity index (χ4v) is 8.07. The molecule has 0 aromatic rings. The van der Waals surface area contributed by atoms with Gasteiger partial charge in [0.25, 0.3) is 0 Å². The van der Waals surface area contributed by atoms with Crippen molar-refractivity contribution in [2.75, 3.05) is 32.7 Å². The molecule has 9 atom stereocenters. The van der Waals surface area contributed by atoms with Crippen molar-refractivity contribution in [3.8, 4) is 0 Å². The third-order valence-electron chi connectivity index (χ3n) is 11.1. The van der Waals surface area contributed by atoms with Crippen molar-refractivity contribution in [3.63, 3.8) is 0 Å². The minimum Gasteiger partial charge on any atom is -0.480 e. The van der Waals surface area contributed by atoms with Crippen molar-refractivity contribution in [3.05, 3.63) is 0 Å². The number of nitrogens with two attached hydrogens (primary N) is 3. The average molecular weight is 806 g/mol. The number of carboxylic acids is 1. The molecule has 4 aliphatic rings. The van der Waals surface area contributed by atoms with E-state index in [2.05, 4.69) is 20.9 Å². The Hall–Kier alpha value is -5.05. The second kappa shape index (κ2) is 19.9. The van der Waals surface area contributed by atoms with E-state index >= 15 is 0 Å². The van der Waals surface area contributed by atoms with E-state index in [0.717, 1.165) is 0 Å². The van der Waals surface area contributed by atoms with Gasteiger partial charge in [-0.3, -0.25) is 43.3 Å². The van der Waals surface area contributed by atoms with Gasteiger partial charge in [0.15, 0.2) is 5.96 Å². The monoisotopic (exact) mass is 805 g/mol. The summed E-state index contributed by atoms with van der Waals surface area (Å²) in [6, 6.07) is -8.33. The summed E-state index contributed by atoms with van der Waals surface area (Å²) in [7, 11) is 0. The van der Waals surface area contributed by atoms with Crippen molar-refractivity contribution in [2.45, 2.75) is 139 Å². The molecule has 21 heteroatoms. The summed E-state index contributed by atoms with van der Waals surface area (Å²) < 4.78 is 0. The van der Waals surface area contributed by atoms with Crippen LogP contribution in [0.1, 0.15) is 85.0 Å². The molecule has 4 saturated heterocycles. The number of likely N-dealkylation sites (tertiary alicyclic amines) is 4. The molecule has 0 unspecified atom stereocenters. The fourth-order valence-electron chi connectivity index (χ4n) is 8.07. The normalized spacial score (nSPS) is 24.6. The first-order valence-corrected chi connectivity index (χ1v) is 19.8. The van der Waals surface area contributed by atoms with E-state index in [9.17, 15) is 48.6 Å². The van der Waals surface area contributed by atoms with Gasteiger partial charge in [-0.25, -0.2) is 0 Å². The summed E-state index contributed by atoms with van der Waals surface area (Å²) in [5.41, 5.74) is 16.8. The van der Waals surface area contributed by atoms with E-state index < -0.39 is 95.9 Å². The first-order valence-electron chi connectivity index (χ1n) is 19.8. The van der Waals surface area contributed by atoms with E-state index in [-0.39, 0.29) is 57.3 Å². The molecule has 0 radical (unpaired) electrons. The Morgan fingerprint density at radius 3 is 1.63 bits per heavy atom. The van der Waals surface area contributed by atoms with Crippen molar-refractivity contribution < 1.29 is 48.6 Å². The molecule has 0 spiro atoms. The number of hydrogen-bond donors (Lipinski definition) is 8. The van der Waals surface area contributed by atoms with Crippen LogP contribution in [0.25, 0.3) is 0 Å². The number of nitrogens with zero attached hydrogens (tertiary/aromatic N) is 5. The molecule has 4 fully saturated rings. The Labute approximate surface area is 331 Å². The number of guanidine groups is 1. The zero-order valence-corrected chi connectivity index (χ0v) is 32.9. The van der Waals surface area contributed by atoms with Gasteiger partial charge < -0.3 is 63.0 Å². The van der Waals surface area contributed by atoms with Gasteiger partial charge in [-0.15, -0.1) is 0 Å². The summed E-state index contributed by atoms with van der Waals surface area (Å²) in [4.78, 5) is 116. The van der Waals surface area contributed by atoms with Crippen LogP contribution >= 0.6 is 0 Å². The zero-order valence-electron chi connectivity index (χ0n) is 32.9. The predicted octanol–water partition coefficient (Wildman–Crippen LogP) is -3.71. The molecule has 11 N–H and O–H groups in total. The number of carboxylic acid groups (broad SMARTS) is 1. The first kappa shape index (κ1) is 44.7. The maximum atomic E-state index is 14.2. The smallest absolute Gasteiger partial charge is 0.325 e. The van der Waals surface area contributed by atoms with Crippen molar-refractivity contribution in [1.82, 2.24) is 35.6 Å². The highest BCUT2D eigenvalue weighted by atomic mass is 16.4. The molecule has 4 aliphatic heterocycles. The highest BCUT2D eigenvalue weighted by molar-refractivity contribution is 5.98. The molecule has 0 aromatic carbocycles. The van der Waals surface area contributed by atoms with Crippen LogP contribution in [0.3, 0.4) is 0 Å². The van der Waals surface area contributed by atoms with Crippen LogP contribution in [-0.4, -0.2) is 170 Å². The molecular weight excluding hydrogens is 746 g/mol. The molecule has 21 nitrogen and oxygen atoms in total. The molecule has 57 heavy (non-hydrogen) atoms. The molecule has 4 rings (SSSR count). The highest BCUT2D eigenvalue weighted by Crippen LogP contribution is 2.27. The quantitative estimate of drug-likeness (QED) is 0.0424. The van der Waals surface area contributed by atoms with E-state index in [1.54, 1.807) is 0 Å². The lowest BCUT2D eigenvalue weighted by molar-refractivity contribution is -0.149. The van der Waals surface area contributed by atoms with Crippen LogP contribution in [0.15, 0.2) is 4.99 Å². The first-order chi connectivity index (χ1) is 26.9. The number of rotatable bonds is 16. The van der Waals surface area contributed by atoms with Crippen LogP contribution in [0.5, 0.6) is 0 Å². The molecule has 0 saturated carbocycles. The number of hydrogen-bond acceptors (Lipinski definition) is 11. The van der Waals surface area contributed by atoms with Gasteiger partial charge in [0.2, 0.25) is 41.4 Å². The lowest BCUT2D eigenvalue weighted by atomic mass is 10.1. The molecule has 7 amide bonds. The fraction of sp³-hybridized carbons (Fsp3) is 0.750.